The molecular weight excluding hydrogens is 580 g/mol. The molecule has 3 rings (SSSR count). The number of hydrogen-bond donors (Lipinski definition) is 0. The predicted molar refractivity (Wildman–Crippen MR) is 125 cm³/mol. The Kier molecular flexibility index (Phi) is 8.70. The number of halogens is 8. The van der Waals surface area contributed by atoms with Gasteiger partial charge >= 0.3 is 18.3 Å². The minimum atomic E-state index is -4.68. The van der Waals surface area contributed by atoms with Crippen molar-refractivity contribution in [2.45, 2.75) is 56.7 Å². The topological polar surface area (TPSA) is 54.0 Å². The summed E-state index contributed by atoms with van der Waals surface area (Å²) in [6.45, 7) is -3.95. The molecule has 1 aliphatic heterocycles. The van der Waals surface area contributed by atoms with Gasteiger partial charge < -0.3 is 18.5 Å². The molecule has 1 unspecified atom stereocenters. The minimum absolute atomic E-state index is 0.0149. The Hall–Kier alpha value is -1.04. The maximum absolute atomic E-state index is 13.1. The first-order valence-electron chi connectivity index (χ1n) is 10.5. The van der Waals surface area contributed by atoms with E-state index in [9.17, 15) is 31.1 Å². The maximum atomic E-state index is 13.1. The van der Waals surface area contributed by atoms with Gasteiger partial charge in [0.15, 0.2) is 18.0 Å². The van der Waals surface area contributed by atoms with Gasteiger partial charge in [-0.2, -0.15) is 26.3 Å². The van der Waals surface area contributed by atoms with Gasteiger partial charge in [-0.25, -0.2) is 4.79 Å². The summed E-state index contributed by atoms with van der Waals surface area (Å²) in [4.78, 5) is 13.1. The highest BCUT2D eigenvalue weighted by Gasteiger charge is 2.53. The van der Waals surface area contributed by atoms with Crippen LogP contribution in [0.25, 0.3) is 5.57 Å². The zero-order valence-electron chi connectivity index (χ0n) is 18.9. The third-order valence-corrected chi connectivity index (χ3v) is 7.75. The lowest BCUT2D eigenvalue weighted by atomic mass is 9.81. The molecule has 0 amide bonds. The highest BCUT2D eigenvalue weighted by Crippen LogP contribution is 2.57. The van der Waals surface area contributed by atoms with E-state index in [0.29, 0.717) is 5.56 Å². The van der Waals surface area contributed by atoms with Crippen LogP contribution >= 0.6 is 29.7 Å². The van der Waals surface area contributed by atoms with Crippen LogP contribution in [-0.4, -0.2) is 49.9 Å². The van der Waals surface area contributed by atoms with Crippen LogP contribution in [0, 0.1) is 6.92 Å². The molecule has 36 heavy (non-hydrogen) atoms. The summed E-state index contributed by atoms with van der Waals surface area (Å²) in [7, 11) is 0. The third kappa shape index (κ3) is 7.29. The van der Waals surface area contributed by atoms with E-state index in [0.717, 1.165) is 0 Å². The number of hydrogen-bond acceptors (Lipinski definition) is 6. The molecule has 0 saturated heterocycles. The molecule has 1 spiro atoms. The van der Waals surface area contributed by atoms with Crippen LogP contribution in [0.15, 0.2) is 17.9 Å². The molecule has 1 fully saturated rings. The van der Waals surface area contributed by atoms with Gasteiger partial charge in [0, 0.05) is 17.3 Å². The molecule has 1 heterocycles. The molecule has 5 nitrogen and oxygen atoms in total. The van der Waals surface area contributed by atoms with Crippen molar-refractivity contribution in [3.63, 3.8) is 0 Å². The Morgan fingerprint density at radius 1 is 1.11 bits per heavy atom. The van der Waals surface area contributed by atoms with E-state index < -0.39 is 49.7 Å². The fraction of sp³-hybridized carbons (Fsp3) is 0.571. The van der Waals surface area contributed by atoms with Gasteiger partial charge in [0.2, 0.25) is 6.49 Å². The van der Waals surface area contributed by atoms with Gasteiger partial charge in [0.25, 0.3) is 0 Å². The van der Waals surface area contributed by atoms with E-state index in [1.165, 1.54) is 18.8 Å². The van der Waals surface area contributed by atoms with Gasteiger partial charge in [-0.3, -0.25) is 0 Å². The molecule has 2 aliphatic rings. The second-order valence-corrected chi connectivity index (χ2v) is 13.4. The van der Waals surface area contributed by atoms with E-state index >= 15 is 0 Å². The number of aryl methyl sites for hydroxylation is 1. The Balaban J connectivity index is 2.01. The van der Waals surface area contributed by atoms with Crippen LogP contribution in [0.3, 0.4) is 0 Å². The monoisotopic (exact) mass is 600 g/mol. The summed E-state index contributed by atoms with van der Waals surface area (Å²) in [6, 6.07) is 2.90. The van der Waals surface area contributed by atoms with Crippen molar-refractivity contribution in [1.29, 1.82) is 0 Å². The molecule has 202 valence electrons. The zero-order valence-corrected chi connectivity index (χ0v) is 22.1. The van der Waals surface area contributed by atoms with Crippen molar-refractivity contribution >= 4 is 53.0 Å². The third-order valence-electron chi connectivity index (χ3n) is 5.58. The Labute approximate surface area is 218 Å². The molecule has 1 atom stereocenters. The first-order chi connectivity index (χ1) is 16.4. The Bertz CT molecular complexity index is 1080. The van der Waals surface area contributed by atoms with Crippen molar-refractivity contribution in [3.05, 3.63) is 39.1 Å². The van der Waals surface area contributed by atoms with Crippen LogP contribution in [0.4, 0.5) is 26.3 Å². The van der Waals surface area contributed by atoms with E-state index in [-0.39, 0.29) is 52.6 Å². The highest BCUT2D eigenvalue weighted by atomic mass is 35.5. The normalized spacial score (nSPS) is 24.7. The first kappa shape index (κ1) is 29.5. The van der Waals surface area contributed by atoms with Gasteiger partial charge in [-0.15, -0.1) is 0 Å². The van der Waals surface area contributed by atoms with Crippen molar-refractivity contribution < 1.29 is 49.7 Å². The average molecular weight is 601 g/mol. The van der Waals surface area contributed by atoms with Crippen LogP contribution in [0.1, 0.15) is 36.8 Å². The summed E-state index contributed by atoms with van der Waals surface area (Å²) in [5, 5.41) is 0.342. The van der Waals surface area contributed by atoms with Crippen molar-refractivity contribution in [2.75, 3.05) is 19.9 Å². The standard InChI is InChI=1S/C21H21Cl2F6O5PS/c1-11-7-12(22)8-14(23)15(11)16-17(34-35(2,36)32-10-21(27,28)29)19(33-18(16)30)5-3-13(4-6-19)31-9-20(24,25)26/h7-8,13H,3-6,9-10H2,1-2H3. The molecule has 0 aromatic heterocycles. The number of esters is 1. The second kappa shape index (κ2) is 10.6. The molecule has 1 aromatic carbocycles. The number of carbonyl (C=O) groups excluding carboxylic acids is 1. The Morgan fingerprint density at radius 3 is 2.22 bits per heavy atom. The SMILES string of the molecule is Cc1cc(Cl)cc(Cl)c1C1=C(OP(C)(=S)OCC(F)(F)F)C2(CCC(OCC(F)(F)F)CC2)OC1=O. The number of carbonyl (C=O) groups is 1. The fourth-order valence-electron chi connectivity index (χ4n) is 4.11. The summed E-state index contributed by atoms with van der Waals surface area (Å²) < 4.78 is 97.3. The summed E-state index contributed by atoms with van der Waals surface area (Å²) in [5.74, 6) is -1.01. The molecule has 0 radical (unpaired) electrons. The second-order valence-electron chi connectivity index (χ2n) is 8.54. The first-order valence-corrected chi connectivity index (χ1v) is 14.4. The van der Waals surface area contributed by atoms with Crippen molar-refractivity contribution in [3.8, 4) is 0 Å². The van der Waals surface area contributed by atoms with Crippen molar-refractivity contribution in [2.24, 2.45) is 0 Å². The molecule has 1 aliphatic carbocycles. The fourth-order valence-corrected chi connectivity index (χ4v) is 6.20. The average Bonchev–Trinajstić information content (AvgIpc) is 2.95. The smallest absolute Gasteiger partial charge is 0.412 e. The van der Waals surface area contributed by atoms with Gasteiger partial charge in [-0.05, 0) is 62.1 Å². The molecule has 1 aromatic rings. The maximum Gasteiger partial charge on any atom is 0.412 e. The van der Waals surface area contributed by atoms with E-state index in [4.69, 9.17) is 53.5 Å². The van der Waals surface area contributed by atoms with Crippen LogP contribution in [0.5, 0.6) is 0 Å². The number of alkyl halides is 6. The predicted octanol–water partition coefficient (Wildman–Crippen LogP) is 7.36. The number of rotatable bonds is 7. The minimum Gasteiger partial charge on any atom is -0.447 e. The summed E-state index contributed by atoms with van der Waals surface area (Å²) in [5.41, 5.74) is -0.975. The number of ether oxygens (including phenoxy) is 2. The largest absolute Gasteiger partial charge is 0.447 e. The highest BCUT2D eigenvalue weighted by molar-refractivity contribution is 8.09. The molecule has 0 bridgehead atoms. The summed E-state index contributed by atoms with van der Waals surface area (Å²) >= 11 is 17.6. The molecule has 0 N–H and O–H groups in total. The number of benzene rings is 1. The van der Waals surface area contributed by atoms with Gasteiger partial charge in [0.05, 0.1) is 11.1 Å². The van der Waals surface area contributed by atoms with E-state index in [1.54, 1.807) is 6.92 Å². The lowest BCUT2D eigenvalue weighted by molar-refractivity contribution is -0.192. The Morgan fingerprint density at radius 2 is 1.69 bits per heavy atom. The van der Waals surface area contributed by atoms with Gasteiger partial charge in [-0.1, -0.05) is 23.2 Å². The quantitative estimate of drug-likeness (QED) is 0.185. The van der Waals surface area contributed by atoms with Crippen molar-refractivity contribution in [1.82, 2.24) is 0 Å². The summed E-state index contributed by atoms with van der Waals surface area (Å²) in [6.07, 6.45) is -9.86. The van der Waals surface area contributed by atoms with E-state index in [2.05, 4.69) is 0 Å². The molecular formula is C21H21Cl2F6O5PS. The molecule has 15 heteroatoms. The lowest BCUT2D eigenvalue weighted by Crippen LogP contribution is -2.40. The van der Waals surface area contributed by atoms with Crippen LogP contribution in [0.2, 0.25) is 10.0 Å². The van der Waals surface area contributed by atoms with Crippen LogP contribution < -0.4 is 0 Å². The lowest BCUT2D eigenvalue weighted by Gasteiger charge is -2.38. The van der Waals surface area contributed by atoms with Gasteiger partial charge in [0.1, 0.15) is 12.2 Å². The van der Waals surface area contributed by atoms with Crippen LogP contribution in [-0.2, 0) is 35.1 Å². The van der Waals surface area contributed by atoms with E-state index in [1.807, 2.05) is 0 Å². The molecule has 1 saturated carbocycles. The zero-order chi connectivity index (χ0) is 27.1.